The lowest BCUT2D eigenvalue weighted by Gasteiger charge is -2.17. The molecule has 2 N–H and O–H groups in total. The lowest BCUT2D eigenvalue weighted by atomic mass is 10.1. The van der Waals surface area contributed by atoms with Crippen molar-refractivity contribution in [2.75, 3.05) is 5.32 Å². The Morgan fingerprint density at radius 2 is 1.90 bits per heavy atom. The minimum Gasteiger partial charge on any atom is -0.478 e. The molecule has 0 aromatic heterocycles. The number of benzene rings is 2. The molecule has 0 aliphatic rings. The molecule has 0 radical (unpaired) electrons. The van der Waals surface area contributed by atoms with Gasteiger partial charge in [-0.2, -0.15) is 0 Å². The molecule has 5 heteroatoms. The second-order valence-corrected chi connectivity index (χ2v) is 5.71. The van der Waals surface area contributed by atoms with E-state index in [9.17, 15) is 4.79 Å². The molecule has 104 valence electrons. The summed E-state index contributed by atoms with van der Waals surface area (Å²) in [5.41, 5.74) is 2.20. The number of aromatic carboxylic acids is 1. The van der Waals surface area contributed by atoms with Gasteiger partial charge in [-0.15, -0.1) is 0 Å². The Labute approximate surface area is 130 Å². The van der Waals surface area contributed by atoms with Crippen LogP contribution >= 0.6 is 27.5 Å². The summed E-state index contributed by atoms with van der Waals surface area (Å²) in [6.45, 7) is 2.03. The number of hydrogen-bond donors (Lipinski definition) is 2. The van der Waals surface area contributed by atoms with Crippen LogP contribution in [-0.4, -0.2) is 11.1 Å². The maximum Gasteiger partial charge on any atom is 0.335 e. The molecule has 2 aromatic rings. The molecule has 1 unspecified atom stereocenters. The first-order chi connectivity index (χ1) is 9.47. The zero-order chi connectivity index (χ0) is 14.7. The Hall–Kier alpha value is -1.52. The highest BCUT2D eigenvalue weighted by Gasteiger charge is 2.10. The zero-order valence-corrected chi connectivity index (χ0v) is 13.1. The van der Waals surface area contributed by atoms with Gasteiger partial charge < -0.3 is 10.4 Å². The van der Waals surface area contributed by atoms with Gasteiger partial charge in [0.25, 0.3) is 0 Å². The molecule has 0 bridgehead atoms. The maximum absolute atomic E-state index is 10.9. The first kappa shape index (κ1) is 14.9. The third-order valence-corrected chi connectivity index (χ3v) is 3.87. The average molecular weight is 355 g/mol. The van der Waals surface area contributed by atoms with E-state index in [0.29, 0.717) is 5.02 Å². The quantitative estimate of drug-likeness (QED) is 0.814. The van der Waals surface area contributed by atoms with Crippen LogP contribution in [0, 0.1) is 0 Å². The Balaban J connectivity index is 2.17. The van der Waals surface area contributed by atoms with Gasteiger partial charge in [-0.05, 0) is 58.7 Å². The largest absolute Gasteiger partial charge is 0.478 e. The van der Waals surface area contributed by atoms with Crippen molar-refractivity contribution in [3.8, 4) is 0 Å². The van der Waals surface area contributed by atoms with Gasteiger partial charge in [0.1, 0.15) is 0 Å². The summed E-state index contributed by atoms with van der Waals surface area (Å²) in [5, 5.41) is 13.0. The summed E-state index contributed by atoms with van der Waals surface area (Å²) >= 11 is 9.25. The van der Waals surface area contributed by atoms with Crippen LogP contribution in [0.15, 0.2) is 46.9 Å². The zero-order valence-electron chi connectivity index (χ0n) is 10.7. The molecule has 20 heavy (non-hydrogen) atoms. The standard InChI is InChI=1S/C15H13BrClNO2/c1-9(10-2-5-12(17)6-3-10)18-14-7-4-11(15(19)20)8-13(14)16/h2-9,18H,1H3,(H,19,20). The van der Waals surface area contributed by atoms with E-state index in [2.05, 4.69) is 21.2 Å². The van der Waals surface area contributed by atoms with Gasteiger partial charge >= 0.3 is 5.97 Å². The Bertz CT molecular complexity index is 628. The van der Waals surface area contributed by atoms with Gasteiger partial charge in [-0.25, -0.2) is 4.79 Å². The first-order valence-corrected chi connectivity index (χ1v) is 7.19. The molecule has 2 rings (SSSR count). The van der Waals surface area contributed by atoms with Crippen LogP contribution in [0.4, 0.5) is 5.69 Å². The normalized spacial score (nSPS) is 11.9. The van der Waals surface area contributed by atoms with E-state index in [4.69, 9.17) is 16.7 Å². The van der Waals surface area contributed by atoms with Crippen LogP contribution in [0.5, 0.6) is 0 Å². The van der Waals surface area contributed by atoms with Crippen LogP contribution in [0.3, 0.4) is 0 Å². The van der Waals surface area contributed by atoms with Gasteiger partial charge in [-0.1, -0.05) is 23.7 Å². The summed E-state index contributed by atoms with van der Waals surface area (Å²) in [5.74, 6) is -0.942. The van der Waals surface area contributed by atoms with Gasteiger partial charge in [0.15, 0.2) is 0 Å². The fraction of sp³-hybridized carbons (Fsp3) is 0.133. The van der Waals surface area contributed by atoms with Crippen LogP contribution in [0.2, 0.25) is 5.02 Å². The fourth-order valence-corrected chi connectivity index (χ4v) is 2.45. The molecule has 1 atom stereocenters. The molecule has 0 amide bonds. The van der Waals surface area contributed by atoms with Crippen molar-refractivity contribution in [3.05, 3.63) is 63.1 Å². The maximum atomic E-state index is 10.9. The van der Waals surface area contributed by atoms with Crippen molar-refractivity contribution in [3.63, 3.8) is 0 Å². The van der Waals surface area contributed by atoms with E-state index in [1.54, 1.807) is 18.2 Å². The molecule has 0 saturated carbocycles. The van der Waals surface area contributed by atoms with Crippen molar-refractivity contribution < 1.29 is 9.90 Å². The summed E-state index contributed by atoms with van der Waals surface area (Å²) in [7, 11) is 0. The highest BCUT2D eigenvalue weighted by atomic mass is 79.9. The molecular weight excluding hydrogens is 342 g/mol. The predicted molar refractivity (Wildman–Crippen MR) is 84.6 cm³/mol. The van der Waals surface area contributed by atoms with Crippen LogP contribution in [0.1, 0.15) is 28.9 Å². The molecule has 0 fully saturated rings. The van der Waals surface area contributed by atoms with E-state index in [0.717, 1.165) is 15.7 Å². The average Bonchev–Trinajstić information content (AvgIpc) is 2.41. The minimum absolute atomic E-state index is 0.0826. The fourth-order valence-electron chi connectivity index (χ4n) is 1.83. The van der Waals surface area contributed by atoms with Gasteiger partial charge in [0.05, 0.1) is 5.56 Å². The molecule has 0 aliphatic carbocycles. The number of carboxylic acids is 1. The lowest BCUT2D eigenvalue weighted by Crippen LogP contribution is -2.07. The van der Waals surface area contributed by atoms with Crippen molar-refractivity contribution >= 4 is 39.2 Å². The van der Waals surface area contributed by atoms with Crippen molar-refractivity contribution in [2.24, 2.45) is 0 Å². The van der Waals surface area contributed by atoms with Gasteiger partial charge in [0, 0.05) is 21.2 Å². The second-order valence-electron chi connectivity index (χ2n) is 4.42. The number of carboxylic acid groups (broad SMARTS) is 1. The Morgan fingerprint density at radius 1 is 1.25 bits per heavy atom. The summed E-state index contributed by atoms with van der Waals surface area (Å²) in [6.07, 6.45) is 0. The number of halogens is 2. The van der Waals surface area contributed by atoms with Gasteiger partial charge in [-0.3, -0.25) is 0 Å². The number of hydrogen-bond acceptors (Lipinski definition) is 2. The molecule has 0 aliphatic heterocycles. The van der Waals surface area contributed by atoms with E-state index >= 15 is 0 Å². The summed E-state index contributed by atoms with van der Waals surface area (Å²) < 4.78 is 0.721. The topological polar surface area (TPSA) is 49.3 Å². The predicted octanol–water partition coefficient (Wildman–Crippen LogP) is 4.97. The molecular formula is C15H13BrClNO2. The SMILES string of the molecule is CC(Nc1ccc(C(=O)O)cc1Br)c1ccc(Cl)cc1. The van der Waals surface area contributed by atoms with Crippen LogP contribution in [0.25, 0.3) is 0 Å². The smallest absolute Gasteiger partial charge is 0.335 e. The number of anilines is 1. The van der Waals surface area contributed by atoms with Gasteiger partial charge in [0.2, 0.25) is 0 Å². The molecule has 0 heterocycles. The molecule has 3 nitrogen and oxygen atoms in total. The third kappa shape index (κ3) is 3.52. The summed E-state index contributed by atoms with van der Waals surface area (Å²) in [6, 6.07) is 12.6. The third-order valence-electron chi connectivity index (χ3n) is 2.96. The molecule has 2 aromatic carbocycles. The Morgan fingerprint density at radius 3 is 2.45 bits per heavy atom. The number of carbonyl (C=O) groups is 1. The van der Waals surface area contributed by atoms with Crippen molar-refractivity contribution in [2.45, 2.75) is 13.0 Å². The molecule has 0 spiro atoms. The number of nitrogens with one attached hydrogen (secondary N) is 1. The monoisotopic (exact) mass is 353 g/mol. The van der Waals surface area contributed by atoms with E-state index < -0.39 is 5.97 Å². The number of rotatable bonds is 4. The lowest BCUT2D eigenvalue weighted by molar-refractivity contribution is 0.0697. The Kier molecular flexibility index (Phi) is 4.68. The minimum atomic E-state index is -0.942. The van der Waals surface area contributed by atoms with Crippen molar-refractivity contribution in [1.29, 1.82) is 0 Å². The van der Waals surface area contributed by atoms with E-state index in [1.807, 2.05) is 31.2 Å². The van der Waals surface area contributed by atoms with Crippen molar-refractivity contribution in [1.82, 2.24) is 0 Å². The van der Waals surface area contributed by atoms with Crippen LogP contribution < -0.4 is 5.32 Å². The summed E-state index contributed by atoms with van der Waals surface area (Å²) in [4.78, 5) is 10.9. The highest BCUT2D eigenvalue weighted by Crippen LogP contribution is 2.28. The van der Waals surface area contributed by atoms with E-state index in [1.165, 1.54) is 0 Å². The highest BCUT2D eigenvalue weighted by molar-refractivity contribution is 9.10. The van der Waals surface area contributed by atoms with E-state index in [-0.39, 0.29) is 11.6 Å². The van der Waals surface area contributed by atoms with Crippen LogP contribution in [-0.2, 0) is 0 Å². The first-order valence-electron chi connectivity index (χ1n) is 6.02. The molecule has 0 saturated heterocycles. The second kappa shape index (κ2) is 6.29.